The molecule has 2 rings (SSSR count). The van der Waals surface area contributed by atoms with E-state index in [-0.39, 0.29) is 5.60 Å². The van der Waals surface area contributed by atoms with Crippen LogP contribution in [0.3, 0.4) is 0 Å². The quantitative estimate of drug-likeness (QED) is 0.783. The molecule has 0 aliphatic rings. The van der Waals surface area contributed by atoms with Gasteiger partial charge in [0.25, 0.3) is 0 Å². The van der Waals surface area contributed by atoms with Gasteiger partial charge in [-0.3, -0.25) is 0 Å². The summed E-state index contributed by atoms with van der Waals surface area (Å²) in [6.07, 6.45) is 0.715. The van der Waals surface area contributed by atoms with Crippen LogP contribution in [0.5, 0.6) is 0 Å². The average molecular weight is 301 g/mol. The van der Waals surface area contributed by atoms with Crippen LogP contribution in [0, 0.1) is 0 Å². The summed E-state index contributed by atoms with van der Waals surface area (Å²) in [5, 5.41) is 0.669. The Hall–Kier alpha value is -0.770. The van der Waals surface area contributed by atoms with Crippen molar-refractivity contribution in [3.63, 3.8) is 0 Å². The average Bonchev–Trinajstić information content (AvgIpc) is 2.70. The van der Waals surface area contributed by atoms with Crippen molar-refractivity contribution in [2.24, 2.45) is 0 Å². The van der Waals surface area contributed by atoms with E-state index in [0.717, 1.165) is 16.9 Å². The van der Waals surface area contributed by atoms with Gasteiger partial charge < -0.3 is 9.30 Å². The maximum absolute atomic E-state index is 6.21. The van der Waals surface area contributed by atoms with E-state index >= 15 is 0 Å². The van der Waals surface area contributed by atoms with Gasteiger partial charge in [0, 0.05) is 19.4 Å². The van der Waals surface area contributed by atoms with Gasteiger partial charge in [-0.25, -0.2) is 4.98 Å². The third kappa shape index (κ3) is 3.04. The van der Waals surface area contributed by atoms with Gasteiger partial charge in [-0.15, -0.1) is 11.6 Å². The van der Waals surface area contributed by atoms with E-state index in [0.29, 0.717) is 23.9 Å². The zero-order chi connectivity index (χ0) is 14.0. The summed E-state index contributed by atoms with van der Waals surface area (Å²) in [5.41, 5.74) is 1.59. The molecular formula is C14H18Cl2N2O. The summed E-state index contributed by atoms with van der Waals surface area (Å²) >= 11 is 12.1. The first-order chi connectivity index (χ1) is 8.98. The Morgan fingerprint density at radius 3 is 2.74 bits per heavy atom. The van der Waals surface area contributed by atoms with Crippen LogP contribution in [0.1, 0.15) is 19.7 Å². The summed E-state index contributed by atoms with van der Waals surface area (Å²) in [4.78, 5) is 4.61. The van der Waals surface area contributed by atoms with Crippen LogP contribution in [0.2, 0.25) is 5.02 Å². The van der Waals surface area contributed by atoms with Crippen molar-refractivity contribution < 1.29 is 4.74 Å². The van der Waals surface area contributed by atoms with E-state index in [2.05, 4.69) is 9.55 Å². The number of hydrogen-bond acceptors (Lipinski definition) is 2. The summed E-state index contributed by atoms with van der Waals surface area (Å²) in [5.74, 6) is 1.48. The highest BCUT2D eigenvalue weighted by Crippen LogP contribution is 2.26. The second kappa shape index (κ2) is 5.70. The van der Waals surface area contributed by atoms with E-state index in [1.807, 2.05) is 32.0 Å². The number of fused-ring (bicyclic) bond motifs is 1. The molecule has 0 fully saturated rings. The number of nitrogens with zero attached hydrogens (tertiary/aromatic N) is 2. The standard InChI is InChI=1S/C14H18Cl2N2O/c1-14(2,19-3)9-18-11-6-4-5-10(16)13(11)17-12(18)7-8-15/h4-6H,7-9H2,1-3H3. The van der Waals surface area contributed by atoms with E-state index in [4.69, 9.17) is 27.9 Å². The lowest BCUT2D eigenvalue weighted by Crippen LogP contribution is -2.29. The molecule has 104 valence electrons. The first-order valence-electron chi connectivity index (χ1n) is 6.23. The molecule has 0 N–H and O–H groups in total. The van der Waals surface area contributed by atoms with Crippen LogP contribution in [-0.4, -0.2) is 28.1 Å². The van der Waals surface area contributed by atoms with Gasteiger partial charge in [-0.1, -0.05) is 17.7 Å². The Bertz CT molecular complexity index is 578. The van der Waals surface area contributed by atoms with Crippen LogP contribution < -0.4 is 0 Å². The monoisotopic (exact) mass is 300 g/mol. The van der Waals surface area contributed by atoms with Crippen LogP contribution in [0.25, 0.3) is 11.0 Å². The zero-order valence-corrected chi connectivity index (χ0v) is 12.9. The van der Waals surface area contributed by atoms with E-state index in [9.17, 15) is 0 Å². The molecule has 0 saturated carbocycles. The first kappa shape index (κ1) is 14.6. The zero-order valence-electron chi connectivity index (χ0n) is 11.4. The molecule has 0 aliphatic carbocycles. The van der Waals surface area contributed by atoms with Gasteiger partial charge >= 0.3 is 0 Å². The molecule has 0 spiro atoms. The first-order valence-corrected chi connectivity index (χ1v) is 7.14. The molecule has 2 aromatic rings. The number of imidazole rings is 1. The number of halogens is 2. The Morgan fingerprint density at radius 2 is 2.11 bits per heavy atom. The predicted molar refractivity (Wildman–Crippen MR) is 80.3 cm³/mol. The molecule has 1 aromatic carbocycles. The summed E-state index contributed by atoms with van der Waals surface area (Å²) in [6.45, 7) is 4.81. The third-order valence-corrected chi connectivity index (χ3v) is 3.71. The Balaban J connectivity index is 2.55. The van der Waals surface area contributed by atoms with Crippen LogP contribution in [-0.2, 0) is 17.7 Å². The Labute approximate surface area is 123 Å². The molecule has 5 heteroatoms. The number of methoxy groups -OCH3 is 1. The second-order valence-electron chi connectivity index (χ2n) is 5.12. The van der Waals surface area contributed by atoms with Crippen molar-refractivity contribution in [1.29, 1.82) is 0 Å². The molecular weight excluding hydrogens is 283 g/mol. The molecule has 3 nitrogen and oxygen atoms in total. The van der Waals surface area contributed by atoms with Crippen molar-refractivity contribution in [2.45, 2.75) is 32.4 Å². The highest BCUT2D eigenvalue weighted by molar-refractivity contribution is 6.34. The van der Waals surface area contributed by atoms with E-state index < -0.39 is 0 Å². The fourth-order valence-electron chi connectivity index (χ4n) is 2.06. The predicted octanol–water partition coefficient (Wildman–Crippen LogP) is 3.90. The van der Waals surface area contributed by atoms with E-state index in [1.165, 1.54) is 0 Å². The number of alkyl halides is 1. The summed E-state index contributed by atoms with van der Waals surface area (Å²) < 4.78 is 7.65. The number of para-hydroxylation sites is 1. The van der Waals surface area contributed by atoms with Gasteiger partial charge in [-0.05, 0) is 26.0 Å². The smallest absolute Gasteiger partial charge is 0.111 e. The minimum absolute atomic E-state index is 0.267. The molecule has 0 aliphatic heterocycles. The molecule has 0 amide bonds. The normalized spacial score (nSPS) is 12.3. The lowest BCUT2D eigenvalue weighted by atomic mass is 10.1. The fourth-order valence-corrected chi connectivity index (χ4v) is 2.44. The number of aryl methyl sites for hydroxylation is 1. The molecule has 0 radical (unpaired) electrons. The van der Waals surface area contributed by atoms with Gasteiger partial charge in [0.15, 0.2) is 0 Å². The van der Waals surface area contributed by atoms with Crippen molar-refractivity contribution >= 4 is 34.2 Å². The molecule has 1 heterocycles. The maximum Gasteiger partial charge on any atom is 0.111 e. The van der Waals surface area contributed by atoms with Crippen molar-refractivity contribution in [3.05, 3.63) is 29.0 Å². The number of hydrogen-bond donors (Lipinski definition) is 0. The summed E-state index contributed by atoms with van der Waals surface area (Å²) in [6, 6.07) is 5.82. The third-order valence-electron chi connectivity index (χ3n) is 3.22. The van der Waals surface area contributed by atoms with Crippen LogP contribution in [0.4, 0.5) is 0 Å². The minimum Gasteiger partial charge on any atom is -0.377 e. The fraction of sp³-hybridized carbons (Fsp3) is 0.500. The number of benzene rings is 1. The molecule has 19 heavy (non-hydrogen) atoms. The SMILES string of the molecule is COC(C)(C)Cn1c(CCCl)nc2c(Cl)cccc21. The van der Waals surface area contributed by atoms with Crippen molar-refractivity contribution in [3.8, 4) is 0 Å². The number of aromatic nitrogens is 2. The van der Waals surface area contributed by atoms with Crippen molar-refractivity contribution in [1.82, 2.24) is 9.55 Å². The number of ether oxygens (including phenoxy) is 1. The summed E-state index contributed by atoms with van der Waals surface area (Å²) in [7, 11) is 1.72. The van der Waals surface area contributed by atoms with Crippen molar-refractivity contribution in [2.75, 3.05) is 13.0 Å². The highest BCUT2D eigenvalue weighted by Gasteiger charge is 2.21. The second-order valence-corrected chi connectivity index (χ2v) is 5.91. The lowest BCUT2D eigenvalue weighted by molar-refractivity contribution is 0.00846. The Morgan fingerprint density at radius 1 is 1.37 bits per heavy atom. The Kier molecular flexibility index (Phi) is 4.39. The lowest BCUT2D eigenvalue weighted by Gasteiger charge is -2.24. The molecule has 1 aromatic heterocycles. The number of rotatable bonds is 5. The molecule has 0 unspecified atom stereocenters. The minimum atomic E-state index is -0.267. The van der Waals surface area contributed by atoms with Crippen LogP contribution >= 0.6 is 23.2 Å². The van der Waals surface area contributed by atoms with Crippen LogP contribution in [0.15, 0.2) is 18.2 Å². The molecule has 0 bridgehead atoms. The largest absolute Gasteiger partial charge is 0.377 e. The van der Waals surface area contributed by atoms with Gasteiger partial charge in [0.1, 0.15) is 11.3 Å². The topological polar surface area (TPSA) is 27.1 Å². The maximum atomic E-state index is 6.21. The molecule has 0 saturated heterocycles. The molecule has 0 atom stereocenters. The van der Waals surface area contributed by atoms with Gasteiger partial charge in [-0.2, -0.15) is 0 Å². The van der Waals surface area contributed by atoms with Gasteiger partial charge in [0.05, 0.1) is 22.7 Å². The van der Waals surface area contributed by atoms with E-state index in [1.54, 1.807) is 7.11 Å². The highest BCUT2D eigenvalue weighted by atomic mass is 35.5. The van der Waals surface area contributed by atoms with Gasteiger partial charge in [0.2, 0.25) is 0 Å².